The summed E-state index contributed by atoms with van der Waals surface area (Å²) in [5, 5.41) is 8.42. The van der Waals surface area contributed by atoms with Crippen LogP contribution in [0.2, 0.25) is 0 Å². The molecular formula is C10H5F3O3. The molecule has 1 aromatic carbocycles. The van der Waals surface area contributed by atoms with Crippen LogP contribution < -0.4 is 5.63 Å². The quantitative estimate of drug-likeness (QED) is 0.557. The minimum Gasteiger partial charge on any atom is -0.503 e. The first kappa shape index (κ1) is 10.5. The number of phenolic OH excluding ortho intramolecular Hbond substituents is 1. The summed E-state index contributed by atoms with van der Waals surface area (Å²) in [6.45, 7) is 1.30. The van der Waals surface area contributed by atoms with Gasteiger partial charge in [0, 0.05) is 6.07 Å². The molecule has 1 aromatic heterocycles. The van der Waals surface area contributed by atoms with E-state index in [2.05, 4.69) is 4.42 Å². The van der Waals surface area contributed by atoms with Crippen molar-refractivity contribution >= 4 is 11.0 Å². The minimum absolute atomic E-state index is 0.0292. The zero-order valence-electron chi connectivity index (χ0n) is 7.97. The maximum atomic E-state index is 13.4. The van der Waals surface area contributed by atoms with E-state index >= 15 is 0 Å². The third kappa shape index (κ3) is 1.26. The number of fused-ring (bicyclic) bond motifs is 1. The summed E-state index contributed by atoms with van der Waals surface area (Å²) < 4.78 is 44.1. The normalized spacial score (nSPS) is 11.0. The third-order valence-corrected chi connectivity index (χ3v) is 2.19. The fourth-order valence-corrected chi connectivity index (χ4v) is 1.45. The maximum absolute atomic E-state index is 13.4. The predicted octanol–water partition coefficient (Wildman–Crippen LogP) is 2.22. The highest BCUT2D eigenvalue weighted by Gasteiger charge is 2.23. The van der Waals surface area contributed by atoms with Gasteiger partial charge in [-0.15, -0.1) is 0 Å². The Kier molecular flexibility index (Phi) is 2.15. The Labute approximate surface area is 86.7 Å². The maximum Gasteiger partial charge on any atom is 0.336 e. The van der Waals surface area contributed by atoms with E-state index in [1.54, 1.807) is 0 Å². The van der Waals surface area contributed by atoms with Crippen LogP contribution >= 0.6 is 0 Å². The van der Waals surface area contributed by atoms with Crippen LogP contribution in [0.4, 0.5) is 13.2 Å². The standard InChI is InChI=1S/C10H5F3O3/c1-3-2-4(14)16-10-5(3)6(11)7(12)9(15)8(10)13/h2,15H,1H3. The molecule has 0 atom stereocenters. The van der Waals surface area contributed by atoms with Crippen molar-refractivity contribution in [3.8, 4) is 5.75 Å². The van der Waals surface area contributed by atoms with Crippen molar-refractivity contribution in [2.24, 2.45) is 0 Å². The molecule has 1 heterocycles. The molecular weight excluding hydrogens is 225 g/mol. The van der Waals surface area contributed by atoms with E-state index in [9.17, 15) is 18.0 Å². The van der Waals surface area contributed by atoms with E-state index in [4.69, 9.17) is 5.11 Å². The van der Waals surface area contributed by atoms with Gasteiger partial charge in [-0.1, -0.05) is 0 Å². The van der Waals surface area contributed by atoms with Crippen LogP contribution in [0.25, 0.3) is 11.0 Å². The molecule has 0 aliphatic rings. The minimum atomic E-state index is -1.71. The van der Waals surface area contributed by atoms with Crippen molar-refractivity contribution in [3.63, 3.8) is 0 Å². The molecule has 0 aliphatic carbocycles. The number of hydrogen-bond donors (Lipinski definition) is 1. The summed E-state index contributed by atoms with van der Waals surface area (Å²) in [4.78, 5) is 10.9. The van der Waals surface area contributed by atoms with Crippen molar-refractivity contribution in [1.82, 2.24) is 0 Å². The molecule has 0 bridgehead atoms. The lowest BCUT2D eigenvalue weighted by Crippen LogP contribution is -2.02. The molecule has 0 amide bonds. The van der Waals surface area contributed by atoms with Crippen molar-refractivity contribution in [3.05, 3.63) is 39.5 Å². The van der Waals surface area contributed by atoms with Gasteiger partial charge in [0.1, 0.15) is 0 Å². The molecule has 0 saturated heterocycles. The third-order valence-electron chi connectivity index (χ3n) is 2.19. The first-order valence-corrected chi connectivity index (χ1v) is 4.23. The topological polar surface area (TPSA) is 50.4 Å². The number of aromatic hydroxyl groups is 1. The SMILES string of the molecule is Cc1cc(=O)oc2c(F)c(O)c(F)c(F)c12. The Balaban J connectivity index is 3.14. The number of benzene rings is 1. The summed E-state index contributed by atoms with van der Waals surface area (Å²) in [7, 11) is 0. The number of hydrogen-bond acceptors (Lipinski definition) is 3. The number of aryl methyl sites for hydroxylation is 1. The highest BCUT2D eigenvalue weighted by atomic mass is 19.2. The van der Waals surface area contributed by atoms with Gasteiger partial charge in [-0.25, -0.2) is 9.18 Å². The first-order chi connectivity index (χ1) is 7.43. The van der Waals surface area contributed by atoms with Gasteiger partial charge >= 0.3 is 5.63 Å². The molecule has 0 spiro atoms. The van der Waals surface area contributed by atoms with Crippen LogP contribution in [0.3, 0.4) is 0 Å². The highest BCUT2D eigenvalue weighted by Crippen LogP contribution is 2.32. The lowest BCUT2D eigenvalue weighted by Gasteiger charge is -2.05. The Morgan fingerprint density at radius 3 is 2.44 bits per heavy atom. The zero-order valence-corrected chi connectivity index (χ0v) is 7.97. The van der Waals surface area contributed by atoms with E-state index < -0.39 is 39.8 Å². The number of halogens is 3. The molecule has 1 N–H and O–H groups in total. The number of rotatable bonds is 0. The summed E-state index contributed by atoms with van der Waals surface area (Å²) in [5.74, 6) is -6.15. The Bertz CT molecular complexity index is 646. The van der Waals surface area contributed by atoms with Crippen molar-refractivity contribution in [2.75, 3.05) is 0 Å². The lowest BCUT2D eigenvalue weighted by atomic mass is 10.1. The summed E-state index contributed by atoms with van der Waals surface area (Å²) >= 11 is 0. The van der Waals surface area contributed by atoms with Gasteiger partial charge in [-0.3, -0.25) is 0 Å². The molecule has 2 rings (SSSR count). The van der Waals surface area contributed by atoms with Crippen LogP contribution in [-0.4, -0.2) is 5.11 Å². The Hall–Kier alpha value is -1.98. The molecule has 0 fully saturated rings. The largest absolute Gasteiger partial charge is 0.503 e. The Morgan fingerprint density at radius 1 is 1.19 bits per heavy atom. The van der Waals surface area contributed by atoms with Gasteiger partial charge in [-0.05, 0) is 12.5 Å². The van der Waals surface area contributed by atoms with Crippen molar-refractivity contribution in [2.45, 2.75) is 6.92 Å². The predicted molar refractivity (Wildman–Crippen MR) is 48.8 cm³/mol. The lowest BCUT2D eigenvalue weighted by molar-refractivity contribution is 0.374. The van der Waals surface area contributed by atoms with Crippen molar-refractivity contribution in [1.29, 1.82) is 0 Å². The van der Waals surface area contributed by atoms with Gasteiger partial charge in [0.25, 0.3) is 0 Å². The fraction of sp³-hybridized carbons (Fsp3) is 0.100. The molecule has 0 aliphatic heterocycles. The molecule has 84 valence electrons. The van der Waals surface area contributed by atoms with Gasteiger partial charge in [0.2, 0.25) is 11.6 Å². The molecule has 0 saturated carbocycles. The molecule has 0 radical (unpaired) electrons. The zero-order chi connectivity index (χ0) is 12.0. The fourth-order valence-electron chi connectivity index (χ4n) is 1.45. The first-order valence-electron chi connectivity index (χ1n) is 4.23. The monoisotopic (exact) mass is 230 g/mol. The average molecular weight is 230 g/mol. The van der Waals surface area contributed by atoms with Gasteiger partial charge in [-0.2, -0.15) is 8.78 Å². The van der Waals surface area contributed by atoms with Crippen LogP contribution in [0.5, 0.6) is 5.75 Å². The van der Waals surface area contributed by atoms with Crippen LogP contribution in [0, 0.1) is 24.4 Å². The molecule has 3 nitrogen and oxygen atoms in total. The van der Waals surface area contributed by atoms with Gasteiger partial charge < -0.3 is 9.52 Å². The van der Waals surface area contributed by atoms with Crippen LogP contribution in [0.1, 0.15) is 5.56 Å². The number of phenols is 1. The van der Waals surface area contributed by atoms with Gasteiger partial charge in [0.05, 0.1) is 5.39 Å². The smallest absolute Gasteiger partial charge is 0.336 e. The molecule has 0 unspecified atom stereocenters. The molecule has 6 heteroatoms. The second kappa shape index (κ2) is 3.26. The van der Waals surface area contributed by atoms with E-state index in [1.807, 2.05) is 0 Å². The summed E-state index contributed by atoms with van der Waals surface area (Å²) in [6.07, 6.45) is 0. The van der Waals surface area contributed by atoms with Crippen LogP contribution in [-0.2, 0) is 0 Å². The second-order valence-electron chi connectivity index (χ2n) is 3.24. The van der Waals surface area contributed by atoms with Crippen LogP contribution in [0.15, 0.2) is 15.3 Å². The van der Waals surface area contributed by atoms with Gasteiger partial charge in [0.15, 0.2) is 17.1 Å². The summed E-state index contributed by atoms with van der Waals surface area (Å²) in [6, 6.07) is 0.904. The molecule has 2 aromatic rings. The van der Waals surface area contributed by atoms with E-state index in [0.29, 0.717) is 0 Å². The van der Waals surface area contributed by atoms with E-state index in [0.717, 1.165) is 6.07 Å². The summed E-state index contributed by atoms with van der Waals surface area (Å²) in [5.41, 5.74) is -1.67. The van der Waals surface area contributed by atoms with E-state index in [1.165, 1.54) is 6.92 Å². The highest BCUT2D eigenvalue weighted by molar-refractivity contribution is 5.82. The second-order valence-corrected chi connectivity index (χ2v) is 3.24. The van der Waals surface area contributed by atoms with E-state index in [-0.39, 0.29) is 5.56 Å². The Morgan fingerprint density at radius 2 is 1.81 bits per heavy atom. The van der Waals surface area contributed by atoms with Crippen molar-refractivity contribution < 1.29 is 22.7 Å². The average Bonchev–Trinajstić information content (AvgIpc) is 2.22. The molecule has 16 heavy (non-hydrogen) atoms.